The van der Waals surface area contributed by atoms with Crippen LogP contribution in [0.3, 0.4) is 0 Å². The number of para-hydroxylation sites is 6. The van der Waals surface area contributed by atoms with E-state index in [1.54, 1.807) is 0 Å². The Morgan fingerprint density at radius 3 is 1.33 bits per heavy atom. The molecule has 2 aliphatic rings. The van der Waals surface area contributed by atoms with Crippen molar-refractivity contribution in [3.05, 3.63) is 277 Å². The Hall–Kier alpha value is -9.03. The number of rotatable bonds is 6. The smallest absolute Gasteiger partial charge is 0.145 e. The van der Waals surface area contributed by atoms with Crippen LogP contribution in [0.1, 0.15) is 22.3 Å². The molecule has 0 unspecified atom stereocenters. The molecule has 0 bridgehead atoms. The average molecular weight is 935 g/mol. The molecule has 0 atom stereocenters. The van der Waals surface area contributed by atoms with Crippen LogP contribution in [0.5, 0.6) is 0 Å². The van der Waals surface area contributed by atoms with Gasteiger partial charge in [0.05, 0.1) is 27.5 Å². The predicted molar refractivity (Wildman–Crippen MR) is 296 cm³/mol. The lowest BCUT2D eigenvalue weighted by Gasteiger charge is -2.39. The SMILES string of the molecule is c1ccc(-n2c(-c3cc(-c4ccc(-c5ccc6c(c5)C5(c7ccccc7Sc7ccccc75)c5cc7ccccc7cc5-6)cc4)cc(-c4nc5ccccc5n4-c4ccccc4)c3)nc3ccccc32)cc1. The lowest BCUT2D eigenvalue weighted by Crippen LogP contribution is -2.32. The summed E-state index contributed by atoms with van der Waals surface area (Å²) in [7, 11) is 0. The van der Waals surface area contributed by atoms with Crippen LogP contribution in [0.2, 0.25) is 0 Å². The highest BCUT2D eigenvalue weighted by molar-refractivity contribution is 7.99. The summed E-state index contributed by atoms with van der Waals surface area (Å²) in [5.74, 6) is 1.74. The van der Waals surface area contributed by atoms with Crippen LogP contribution in [0.25, 0.3) is 100 Å². The number of aromatic nitrogens is 4. The standard InChI is InChI=1S/C67H42N4S/c1-3-19-51(20-4-1)70-61-27-13-11-25-59(61)68-65(70)49-37-48(38-50(39-49)66-69-60-26-12-14-28-62(60)71(66)52-21-5-2-6-22-52)44-33-31-43(32-34-44)47-35-36-53-54-40-45-17-7-8-18-46(45)41-58(54)67(57(53)42-47)55-23-9-15-29-63(55)72-64-30-16-10-24-56(64)67/h1-42H. The number of benzene rings is 11. The fourth-order valence-electron chi connectivity index (χ4n) is 11.8. The van der Waals surface area contributed by atoms with E-state index >= 15 is 0 Å². The summed E-state index contributed by atoms with van der Waals surface area (Å²) in [6, 6.07) is 92.9. The number of hydrogen-bond donors (Lipinski definition) is 0. The maximum atomic E-state index is 5.36. The van der Waals surface area contributed by atoms with Crippen LogP contribution in [0.4, 0.5) is 0 Å². The molecule has 0 saturated heterocycles. The molecule has 4 nitrogen and oxygen atoms in total. The second-order valence-corrected chi connectivity index (χ2v) is 20.0. The Kier molecular flexibility index (Phi) is 9.07. The van der Waals surface area contributed by atoms with Crippen molar-refractivity contribution in [2.75, 3.05) is 0 Å². The Balaban J connectivity index is 0.916. The highest BCUT2D eigenvalue weighted by atomic mass is 32.2. The lowest BCUT2D eigenvalue weighted by atomic mass is 9.67. The van der Waals surface area contributed by atoms with Gasteiger partial charge in [-0.2, -0.15) is 0 Å². The van der Waals surface area contributed by atoms with Crippen LogP contribution in [0, 0.1) is 0 Å². The maximum absolute atomic E-state index is 5.36. The van der Waals surface area contributed by atoms with Gasteiger partial charge in [0, 0.05) is 32.3 Å². The quantitative estimate of drug-likeness (QED) is 0.167. The Bertz CT molecular complexity index is 4120. The van der Waals surface area contributed by atoms with Gasteiger partial charge in [-0.05, 0) is 163 Å². The molecule has 336 valence electrons. The van der Waals surface area contributed by atoms with E-state index in [0.717, 1.165) is 72.9 Å². The normalized spacial score (nSPS) is 13.1. The predicted octanol–water partition coefficient (Wildman–Crippen LogP) is 17.0. The Labute approximate surface area is 421 Å². The largest absolute Gasteiger partial charge is 0.292 e. The molecule has 15 rings (SSSR count). The van der Waals surface area contributed by atoms with Gasteiger partial charge in [0.1, 0.15) is 11.6 Å². The minimum absolute atomic E-state index is 0.480. The van der Waals surface area contributed by atoms with Crippen molar-refractivity contribution >= 4 is 44.6 Å². The third-order valence-corrected chi connectivity index (χ3v) is 16.1. The molecular weight excluding hydrogens is 893 g/mol. The van der Waals surface area contributed by atoms with Crippen LogP contribution < -0.4 is 0 Å². The summed E-state index contributed by atoms with van der Waals surface area (Å²) in [6.45, 7) is 0. The molecule has 11 aromatic carbocycles. The zero-order valence-corrected chi connectivity index (χ0v) is 39.8. The van der Waals surface area contributed by atoms with E-state index in [2.05, 4.69) is 264 Å². The number of imidazole rings is 2. The van der Waals surface area contributed by atoms with E-state index in [-0.39, 0.29) is 0 Å². The minimum atomic E-state index is -0.480. The molecule has 2 aromatic heterocycles. The Morgan fingerprint density at radius 1 is 0.306 bits per heavy atom. The molecule has 1 aliphatic heterocycles. The molecule has 5 heteroatoms. The summed E-state index contributed by atoms with van der Waals surface area (Å²) in [6.07, 6.45) is 0. The molecule has 0 saturated carbocycles. The summed E-state index contributed by atoms with van der Waals surface area (Å²) in [4.78, 5) is 13.3. The van der Waals surface area contributed by atoms with Crippen molar-refractivity contribution in [2.45, 2.75) is 15.2 Å². The van der Waals surface area contributed by atoms with Gasteiger partial charge in [-0.15, -0.1) is 0 Å². The molecule has 0 fully saturated rings. The van der Waals surface area contributed by atoms with Crippen molar-refractivity contribution in [3.63, 3.8) is 0 Å². The number of nitrogens with zero attached hydrogens (tertiary/aromatic N) is 4. The topological polar surface area (TPSA) is 35.6 Å². The number of fused-ring (bicyclic) bond motifs is 12. The van der Waals surface area contributed by atoms with Gasteiger partial charge >= 0.3 is 0 Å². The molecule has 3 heterocycles. The fraction of sp³-hybridized carbons (Fsp3) is 0.0149. The van der Waals surface area contributed by atoms with Crippen LogP contribution in [-0.4, -0.2) is 19.1 Å². The van der Waals surface area contributed by atoms with Crippen LogP contribution in [-0.2, 0) is 5.41 Å². The molecule has 13 aromatic rings. The van der Waals surface area contributed by atoms with Gasteiger partial charge in [0.25, 0.3) is 0 Å². The van der Waals surface area contributed by atoms with Crippen molar-refractivity contribution in [1.82, 2.24) is 19.1 Å². The summed E-state index contributed by atoms with van der Waals surface area (Å²) < 4.78 is 4.57. The zero-order valence-electron chi connectivity index (χ0n) is 38.9. The summed E-state index contributed by atoms with van der Waals surface area (Å²) >= 11 is 1.89. The molecule has 0 amide bonds. The first-order valence-electron chi connectivity index (χ1n) is 24.5. The van der Waals surface area contributed by atoms with Gasteiger partial charge in [0.15, 0.2) is 0 Å². The first-order chi connectivity index (χ1) is 35.7. The molecule has 1 spiro atoms. The summed E-state index contributed by atoms with van der Waals surface area (Å²) in [5.41, 5.74) is 20.1. The van der Waals surface area contributed by atoms with Gasteiger partial charge in [-0.1, -0.05) is 169 Å². The van der Waals surface area contributed by atoms with Crippen LogP contribution in [0.15, 0.2) is 265 Å². The second kappa shape index (κ2) is 16.0. The van der Waals surface area contributed by atoms with Crippen molar-refractivity contribution in [3.8, 4) is 67.5 Å². The molecule has 0 radical (unpaired) electrons. The van der Waals surface area contributed by atoms with Crippen LogP contribution >= 0.6 is 11.8 Å². The minimum Gasteiger partial charge on any atom is -0.292 e. The second-order valence-electron chi connectivity index (χ2n) is 18.9. The third-order valence-electron chi connectivity index (χ3n) is 15.0. The molecule has 72 heavy (non-hydrogen) atoms. The highest BCUT2D eigenvalue weighted by Gasteiger charge is 2.50. The van der Waals surface area contributed by atoms with E-state index in [4.69, 9.17) is 9.97 Å². The maximum Gasteiger partial charge on any atom is 0.145 e. The lowest BCUT2D eigenvalue weighted by molar-refractivity contribution is 0.723. The van der Waals surface area contributed by atoms with Crippen molar-refractivity contribution in [1.29, 1.82) is 0 Å². The van der Waals surface area contributed by atoms with E-state index in [1.807, 2.05) is 11.8 Å². The molecule has 0 N–H and O–H groups in total. The van der Waals surface area contributed by atoms with Gasteiger partial charge in [-0.3, -0.25) is 9.13 Å². The third kappa shape index (κ3) is 6.14. The molecular formula is C67H42N4S. The first-order valence-corrected chi connectivity index (χ1v) is 25.4. The van der Waals surface area contributed by atoms with E-state index in [0.29, 0.717) is 0 Å². The van der Waals surface area contributed by atoms with E-state index < -0.39 is 5.41 Å². The van der Waals surface area contributed by atoms with Gasteiger partial charge < -0.3 is 0 Å². The zero-order chi connectivity index (χ0) is 47.3. The van der Waals surface area contributed by atoms with E-state index in [9.17, 15) is 0 Å². The van der Waals surface area contributed by atoms with E-state index in [1.165, 1.54) is 59.5 Å². The van der Waals surface area contributed by atoms with Gasteiger partial charge in [0.2, 0.25) is 0 Å². The van der Waals surface area contributed by atoms with Gasteiger partial charge in [-0.25, -0.2) is 9.97 Å². The van der Waals surface area contributed by atoms with Crippen molar-refractivity contribution < 1.29 is 0 Å². The number of hydrogen-bond acceptors (Lipinski definition) is 3. The highest BCUT2D eigenvalue weighted by Crippen LogP contribution is 2.63. The van der Waals surface area contributed by atoms with Crippen molar-refractivity contribution in [2.24, 2.45) is 0 Å². The first kappa shape index (κ1) is 40.8. The fourth-order valence-corrected chi connectivity index (χ4v) is 13.0. The Morgan fingerprint density at radius 2 is 0.750 bits per heavy atom. The molecule has 1 aliphatic carbocycles. The monoisotopic (exact) mass is 934 g/mol. The average Bonchev–Trinajstić information content (AvgIpc) is 4.12. The summed E-state index contributed by atoms with van der Waals surface area (Å²) in [5, 5.41) is 2.52.